The zero-order valence-electron chi connectivity index (χ0n) is 7.54. The zero-order chi connectivity index (χ0) is 9.83. The minimum absolute atomic E-state index is 0.146. The molecule has 0 aliphatic rings. The van der Waals surface area contributed by atoms with E-state index in [9.17, 15) is 8.78 Å². The Morgan fingerprint density at radius 1 is 1.50 bits per heavy atom. The Kier molecular flexibility index (Phi) is 4.18. The van der Waals surface area contributed by atoms with Crippen molar-refractivity contribution in [2.75, 3.05) is 5.88 Å². The van der Waals surface area contributed by atoms with E-state index < -0.39 is 11.3 Å². The highest BCUT2D eigenvalue weighted by Crippen LogP contribution is 2.35. The first-order valence-corrected chi connectivity index (χ1v) is 4.50. The van der Waals surface area contributed by atoms with Gasteiger partial charge in [-0.1, -0.05) is 19.9 Å². The molecule has 0 rings (SSSR count). The summed E-state index contributed by atoms with van der Waals surface area (Å²) in [6, 6.07) is 0. The predicted octanol–water partition coefficient (Wildman–Crippen LogP) is 3.85. The fourth-order valence-electron chi connectivity index (χ4n) is 0.890. The Hall–Kier alpha value is -0.110. The van der Waals surface area contributed by atoms with Gasteiger partial charge in [-0.25, -0.2) is 8.78 Å². The van der Waals surface area contributed by atoms with Crippen LogP contribution in [0, 0.1) is 5.41 Å². The summed E-state index contributed by atoms with van der Waals surface area (Å²) in [5.41, 5.74) is -0.652. The van der Waals surface area contributed by atoms with Crippen LogP contribution in [0.25, 0.3) is 0 Å². The smallest absolute Gasteiger partial charge is 0.207 e. The van der Waals surface area contributed by atoms with Crippen molar-refractivity contribution in [3.63, 3.8) is 0 Å². The number of hydrogen-bond acceptors (Lipinski definition) is 0. The van der Waals surface area contributed by atoms with E-state index in [1.807, 2.05) is 0 Å². The van der Waals surface area contributed by atoms with Gasteiger partial charge in [0.15, 0.2) is 0 Å². The van der Waals surface area contributed by atoms with Crippen LogP contribution in [0.3, 0.4) is 0 Å². The first-order chi connectivity index (χ1) is 5.39. The maximum absolute atomic E-state index is 12.9. The molecule has 12 heavy (non-hydrogen) atoms. The summed E-state index contributed by atoms with van der Waals surface area (Å²) in [5, 5.41) is 0. The van der Waals surface area contributed by atoms with Crippen LogP contribution in [0.1, 0.15) is 26.7 Å². The van der Waals surface area contributed by atoms with Crippen molar-refractivity contribution < 1.29 is 8.78 Å². The summed E-state index contributed by atoms with van der Waals surface area (Å²) >= 11 is 5.57. The number of hydrogen-bond donors (Lipinski definition) is 0. The third-order valence-corrected chi connectivity index (χ3v) is 2.59. The van der Waals surface area contributed by atoms with E-state index in [-0.39, 0.29) is 18.7 Å². The molecule has 0 N–H and O–H groups in total. The van der Waals surface area contributed by atoms with E-state index in [2.05, 4.69) is 6.58 Å². The van der Waals surface area contributed by atoms with Crippen molar-refractivity contribution in [1.82, 2.24) is 0 Å². The highest BCUT2D eigenvalue weighted by atomic mass is 35.5. The van der Waals surface area contributed by atoms with E-state index in [1.165, 1.54) is 13.0 Å². The van der Waals surface area contributed by atoms with E-state index in [4.69, 9.17) is 11.6 Å². The molecule has 3 heteroatoms. The molecule has 1 atom stereocenters. The molecule has 0 saturated heterocycles. The van der Waals surface area contributed by atoms with Crippen LogP contribution in [0.4, 0.5) is 8.78 Å². The van der Waals surface area contributed by atoms with Crippen LogP contribution >= 0.6 is 11.6 Å². The van der Waals surface area contributed by atoms with Crippen molar-refractivity contribution >= 4 is 11.6 Å². The number of alkyl halides is 3. The SMILES string of the molecule is C=CC(C)(CCl)CC(F)(F)CC. The maximum Gasteiger partial charge on any atom is 0.248 e. The normalized spacial score (nSPS) is 17.1. The van der Waals surface area contributed by atoms with Crippen molar-refractivity contribution in [3.8, 4) is 0 Å². The van der Waals surface area contributed by atoms with Crippen LogP contribution in [-0.2, 0) is 0 Å². The highest BCUT2D eigenvalue weighted by Gasteiger charge is 2.35. The molecule has 0 bridgehead atoms. The van der Waals surface area contributed by atoms with E-state index >= 15 is 0 Å². The minimum Gasteiger partial charge on any atom is -0.207 e. The molecule has 0 radical (unpaired) electrons. The van der Waals surface area contributed by atoms with Gasteiger partial charge in [-0.05, 0) is 0 Å². The Balaban J connectivity index is 4.29. The van der Waals surface area contributed by atoms with Gasteiger partial charge in [0.1, 0.15) is 0 Å². The molecular formula is C9H15ClF2. The average molecular weight is 197 g/mol. The Morgan fingerprint density at radius 2 is 2.00 bits per heavy atom. The molecule has 0 saturated carbocycles. The first kappa shape index (κ1) is 11.9. The molecule has 0 amide bonds. The fourth-order valence-corrected chi connectivity index (χ4v) is 1.09. The lowest BCUT2D eigenvalue weighted by molar-refractivity contribution is -0.0329. The van der Waals surface area contributed by atoms with Crippen LogP contribution in [-0.4, -0.2) is 11.8 Å². The summed E-state index contributed by atoms with van der Waals surface area (Å²) in [6.07, 6.45) is 1.14. The fraction of sp³-hybridized carbons (Fsp3) is 0.778. The molecule has 1 unspecified atom stereocenters. The van der Waals surface area contributed by atoms with Gasteiger partial charge in [0, 0.05) is 24.1 Å². The van der Waals surface area contributed by atoms with Crippen molar-refractivity contribution in [3.05, 3.63) is 12.7 Å². The Labute approximate surface area is 77.6 Å². The van der Waals surface area contributed by atoms with Gasteiger partial charge in [0.05, 0.1) is 0 Å². The second-order valence-corrected chi connectivity index (χ2v) is 3.65. The topological polar surface area (TPSA) is 0 Å². The molecule has 0 aliphatic carbocycles. The van der Waals surface area contributed by atoms with Crippen LogP contribution in [0.5, 0.6) is 0 Å². The van der Waals surface area contributed by atoms with Crippen LogP contribution < -0.4 is 0 Å². The second kappa shape index (κ2) is 4.22. The van der Waals surface area contributed by atoms with Gasteiger partial charge in [-0.3, -0.25) is 0 Å². The molecule has 72 valence electrons. The van der Waals surface area contributed by atoms with Crippen LogP contribution in [0.15, 0.2) is 12.7 Å². The second-order valence-electron chi connectivity index (χ2n) is 3.38. The van der Waals surface area contributed by atoms with Crippen LogP contribution in [0.2, 0.25) is 0 Å². The lowest BCUT2D eigenvalue weighted by Gasteiger charge is -2.27. The lowest BCUT2D eigenvalue weighted by Crippen LogP contribution is -2.27. The van der Waals surface area contributed by atoms with Gasteiger partial charge in [-0.15, -0.1) is 18.2 Å². The molecule has 0 aromatic rings. The summed E-state index contributed by atoms with van der Waals surface area (Å²) < 4.78 is 25.8. The molecule has 0 fully saturated rings. The monoisotopic (exact) mass is 196 g/mol. The quantitative estimate of drug-likeness (QED) is 0.463. The molecular weight excluding hydrogens is 182 g/mol. The largest absolute Gasteiger partial charge is 0.248 e. The van der Waals surface area contributed by atoms with E-state index in [0.29, 0.717) is 0 Å². The molecule has 0 heterocycles. The van der Waals surface area contributed by atoms with Gasteiger partial charge >= 0.3 is 0 Å². The number of halogens is 3. The zero-order valence-corrected chi connectivity index (χ0v) is 8.30. The van der Waals surface area contributed by atoms with Crippen molar-refractivity contribution in [1.29, 1.82) is 0 Å². The van der Waals surface area contributed by atoms with E-state index in [0.717, 1.165) is 0 Å². The summed E-state index contributed by atoms with van der Waals surface area (Å²) in [6.45, 7) is 6.67. The van der Waals surface area contributed by atoms with E-state index in [1.54, 1.807) is 6.92 Å². The molecule has 0 spiro atoms. The van der Waals surface area contributed by atoms with Gasteiger partial charge in [0.25, 0.3) is 0 Å². The predicted molar refractivity (Wildman–Crippen MR) is 48.9 cm³/mol. The average Bonchev–Trinajstić information content (AvgIpc) is 2.04. The van der Waals surface area contributed by atoms with Gasteiger partial charge in [-0.2, -0.15) is 0 Å². The summed E-state index contributed by atoms with van der Waals surface area (Å²) in [7, 11) is 0. The summed E-state index contributed by atoms with van der Waals surface area (Å²) in [4.78, 5) is 0. The molecule has 0 aliphatic heterocycles. The standard InChI is InChI=1S/C9H15ClF2/c1-4-8(3,7-10)6-9(11,12)5-2/h4H,1,5-7H2,2-3H3. The molecule has 0 aromatic carbocycles. The number of allylic oxidation sites excluding steroid dienone is 1. The van der Waals surface area contributed by atoms with Gasteiger partial charge < -0.3 is 0 Å². The minimum atomic E-state index is -2.63. The molecule has 0 nitrogen and oxygen atoms in total. The van der Waals surface area contributed by atoms with Gasteiger partial charge in [0.2, 0.25) is 5.92 Å². The Morgan fingerprint density at radius 3 is 2.25 bits per heavy atom. The highest BCUT2D eigenvalue weighted by molar-refractivity contribution is 6.18. The first-order valence-electron chi connectivity index (χ1n) is 3.96. The number of rotatable bonds is 5. The third-order valence-electron chi connectivity index (χ3n) is 1.98. The maximum atomic E-state index is 12.9. The summed E-state index contributed by atoms with van der Waals surface area (Å²) in [5.74, 6) is -2.44. The lowest BCUT2D eigenvalue weighted by atomic mass is 9.85. The Bertz CT molecular complexity index is 157. The molecule has 0 aromatic heterocycles. The van der Waals surface area contributed by atoms with Crippen molar-refractivity contribution in [2.45, 2.75) is 32.6 Å². The third kappa shape index (κ3) is 3.53. The van der Waals surface area contributed by atoms with Crippen molar-refractivity contribution in [2.24, 2.45) is 5.41 Å².